The second kappa shape index (κ2) is 17.9. The number of unbranched alkanes of at least 4 members (excludes halogenated alkanes) is 3. The molecule has 0 fully saturated rings. The van der Waals surface area contributed by atoms with Gasteiger partial charge in [-0.15, -0.1) is 0 Å². The molecule has 6 heteroatoms. The van der Waals surface area contributed by atoms with Crippen LogP contribution < -0.4 is 0 Å². The Bertz CT molecular complexity index is 329. The highest BCUT2D eigenvalue weighted by Gasteiger charge is 2.00. The number of hydrogen-bond acceptors (Lipinski definition) is 4. The lowest BCUT2D eigenvalue weighted by molar-refractivity contribution is -0.139. The number of hydrogen-bond donors (Lipinski definition) is 2. The van der Waals surface area contributed by atoms with Crippen LogP contribution >= 0.6 is 0 Å². The zero-order valence-corrected chi connectivity index (χ0v) is 13.1. The molecule has 0 aromatic heterocycles. The van der Waals surface area contributed by atoms with E-state index in [-0.39, 0.29) is 5.97 Å². The minimum absolute atomic E-state index is 0.272. The molecule has 0 aromatic rings. The molecule has 0 aliphatic rings. The van der Waals surface area contributed by atoms with Crippen LogP contribution in [-0.2, 0) is 19.1 Å². The summed E-state index contributed by atoms with van der Waals surface area (Å²) in [7, 11) is 0. The molecule has 122 valence electrons. The number of carboxylic acid groups (broad SMARTS) is 2. The number of carboxylic acids is 2. The Labute approximate surface area is 126 Å². The van der Waals surface area contributed by atoms with Crippen molar-refractivity contribution in [2.75, 3.05) is 6.61 Å². The molecule has 0 spiro atoms. The van der Waals surface area contributed by atoms with Gasteiger partial charge in [0.2, 0.25) is 0 Å². The van der Waals surface area contributed by atoms with Crippen molar-refractivity contribution in [1.29, 1.82) is 0 Å². The molecule has 2 N–H and O–H groups in total. The lowest BCUT2D eigenvalue weighted by Crippen LogP contribution is -2.05. The standard InChI is InChI=1S/C10H18O2.C3H4O2.C2H4O2/c1-4-5-6-7-8-12-10(11)9(2)3;1-2-3(4)5;1-2(3)4/h2,4-8H2,1,3H3;2H,1H2,(H,4,5);1H3,(H,3,4). The molecular weight excluding hydrogens is 276 g/mol. The maximum Gasteiger partial charge on any atom is 0.333 e. The van der Waals surface area contributed by atoms with Crippen molar-refractivity contribution in [3.05, 3.63) is 24.8 Å². The minimum Gasteiger partial charge on any atom is -0.481 e. The fourth-order valence-corrected chi connectivity index (χ4v) is 0.817. The first-order valence-electron chi connectivity index (χ1n) is 6.56. The van der Waals surface area contributed by atoms with E-state index in [1.165, 1.54) is 12.8 Å². The molecule has 0 radical (unpaired) electrons. The van der Waals surface area contributed by atoms with E-state index in [2.05, 4.69) is 20.1 Å². The Morgan fingerprint density at radius 1 is 1.10 bits per heavy atom. The summed E-state index contributed by atoms with van der Waals surface area (Å²) in [5.74, 6) is -2.09. The Morgan fingerprint density at radius 2 is 1.52 bits per heavy atom. The second-order valence-electron chi connectivity index (χ2n) is 4.04. The van der Waals surface area contributed by atoms with Crippen molar-refractivity contribution in [1.82, 2.24) is 0 Å². The Balaban J connectivity index is -0.000000297. The number of carbonyl (C=O) groups excluding carboxylic acids is 1. The van der Waals surface area contributed by atoms with Crippen molar-refractivity contribution in [2.24, 2.45) is 0 Å². The van der Waals surface area contributed by atoms with Gasteiger partial charge in [0, 0.05) is 18.6 Å². The number of aliphatic carboxylic acids is 2. The smallest absolute Gasteiger partial charge is 0.333 e. The summed E-state index contributed by atoms with van der Waals surface area (Å²) in [6.45, 7) is 11.9. The summed E-state index contributed by atoms with van der Waals surface area (Å²) in [4.78, 5) is 29.1. The first-order chi connectivity index (χ1) is 9.68. The molecule has 0 unspecified atom stereocenters. The van der Waals surface area contributed by atoms with Crippen LogP contribution in [0.2, 0.25) is 0 Å². The summed E-state index contributed by atoms with van der Waals surface area (Å²) in [6, 6.07) is 0. The third-order valence-corrected chi connectivity index (χ3v) is 1.75. The molecule has 0 saturated carbocycles. The molecule has 0 amide bonds. The minimum atomic E-state index is -0.981. The van der Waals surface area contributed by atoms with Gasteiger partial charge in [-0.1, -0.05) is 39.3 Å². The molecule has 6 nitrogen and oxygen atoms in total. The van der Waals surface area contributed by atoms with Crippen molar-refractivity contribution in [2.45, 2.75) is 46.5 Å². The first kappa shape index (κ1) is 23.9. The zero-order chi connectivity index (χ0) is 17.3. The molecule has 0 heterocycles. The van der Waals surface area contributed by atoms with Gasteiger partial charge in [0.25, 0.3) is 5.97 Å². The molecule has 0 saturated heterocycles. The van der Waals surface area contributed by atoms with E-state index in [4.69, 9.17) is 19.7 Å². The van der Waals surface area contributed by atoms with Gasteiger partial charge >= 0.3 is 11.9 Å². The van der Waals surface area contributed by atoms with Crippen LogP contribution in [-0.4, -0.2) is 34.7 Å². The summed E-state index contributed by atoms with van der Waals surface area (Å²) >= 11 is 0. The summed E-state index contributed by atoms with van der Waals surface area (Å²) in [6.07, 6.45) is 5.35. The molecular formula is C15H26O6. The van der Waals surface area contributed by atoms with E-state index in [0.717, 1.165) is 25.8 Å². The van der Waals surface area contributed by atoms with Gasteiger partial charge in [-0.2, -0.15) is 0 Å². The van der Waals surface area contributed by atoms with Gasteiger partial charge in [0.05, 0.1) is 6.61 Å². The van der Waals surface area contributed by atoms with E-state index in [1.807, 2.05) is 0 Å². The molecule has 0 aliphatic heterocycles. The van der Waals surface area contributed by atoms with Crippen LogP contribution in [0.1, 0.15) is 46.5 Å². The average molecular weight is 302 g/mol. The van der Waals surface area contributed by atoms with Crippen LogP contribution in [0.4, 0.5) is 0 Å². The van der Waals surface area contributed by atoms with Crippen molar-refractivity contribution in [3.63, 3.8) is 0 Å². The predicted octanol–water partition coefficient (Wildman–Crippen LogP) is 3.03. The molecule has 21 heavy (non-hydrogen) atoms. The Hall–Kier alpha value is -2.11. The highest BCUT2D eigenvalue weighted by molar-refractivity contribution is 5.86. The molecule has 0 bridgehead atoms. The SMILES string of the molecule is C=C(C)C(=O)OCCCCCC.C=CC(=O)O.CC(=O)O. The largest absolute Gasteiger partial charge is 0.481 e. The summed E-state index contributed by atoms with van der Waals surface area (Å²) in [5, 5.41) is 15.0. The second-order valence-corrected chi connectivity index (χ2v) is 4.04. The van der Waals surface area contributed by atoms with Gasteiger partial charge in [0.15, 0.2) is 0 Å². The normalized spacial score (nSPS) is 8.14. The van der Waals surface area contributed by atoms with Crippen LogP contribution in [0.15, 0.2) is 24.8 Å². The van der Waals surface area contributed by atoms with Crippen LogP contribution in [0, 0.1) is 0 Å². The first-order valence-corrected chi connectivity index (χ1v) is 6.56. The number of esters is 1. The molecule has 0 aliphatic carbocycles. The van der Waals surface area contributed by atoms with Crippen LogP contribution in [0.25, 0.3) is 0 Å². The van der Waals surface area contributed by atoms with Gasteiger partial charge in [-0.05, 0) is 13.3 Å². The van der Waals surface area contributed by atoms with E-state index in [9.17, 15) is 9.59 Å². The summed E-state index contributed by atoms with van der Waals surface area (Å²) < 4.78 is 4.91. The van der Waals surface area contributed by atoms with E-state index in [0.29, 0.717) is 12.2 Å². The topological polar surface area (TPSA) is 101 Å². The zero-order valence-electron chi connectivity index (χ0n) is 13.1. The van der Waals surface area contributed by atoms with E-state index >= 15 is 0 Å². The molecule has 0 atom stereocenters. The Kier molecular flexibility index (Phi) is 20.4. The highest BCUT2D eigenvalue weighted by Crippen LogP contribution is 2.00. The fourth-order valence-electron chi connectivity index (χ4n) is 0.817. The van der Waals surface area contributed by atoms with E-state index in [1.54, 1.807) is 6.92 Å². The van der Waals surface area contributed by atoms with Gasteiger partial charge in [-0.3, -0.25) is 4.79 Å². The van der Waals surface area contributed by atoms with Crippen molar-refractivity contribution >= 4 is 17.9 Å². The third kappa shape index (κ3) is 38.1. The van der Waals surface area contributed by atoms with Gasteiger partial charge in [0.1, 0.15) is 0 Å². The lowest BCUT2D eigenvalue weighted by Gasteiger charge is -2.02. The molecule has 0 rings (SSSR count). The van der Waals surface area contributed by atoms with Crippen LogP contribution in [0.3, 0.4) is 0 Å². The fraction of sp³-hybridized carbons (Fsp3) is 0.533. The van der Waals surface area contributed by atoms with Gasteiger partial charge in [-0.25, -0.2) is 9.59 Å². The average Bonchev–Trinajstić information content (AvgIpc) is 2.38. The van der Waals surface area contributed by atoms with E-state index < -0.39 is 11.9 Å². The van der Waals surface area contributed by atoms with Crippen molar-refractivity contribution < 1.29 is 29.3 Å². The maximum atomic E-state index is 10.9. The van der Waals surface area contributed by atoms with Crippen LogP contribution in [0.5, 0.6) is 0 Å². The van der Waals surface area contributed by atoms with Crippen molar-refractivity contribution in [3.8, 4) is 0 Å². The maximum absolute atomic E-state index is 10.9. The highest BCUT2D eigenvalue weighted by atomic mass is 16.5. The quantitative estimate of drug-likeness (QED) is 0.426. The number of rotatable bonds is 7. The number of ether oxygens (including phenoxy) is 1. The van der Waals surface area contributed by atoms with Gasteiger partial charge < -0.3 is 14.9 Å². The lowest BCUT2D eigenvalue weighted by atomic mass is 10.2. The Morgan fingerprint density at radius 3 is 1.81 bits per heavy atom. The molecule has 0 aromatic carbocycles. The summed E-state index contributed by atoms with van der Waals surface area (Å²) in [5.41, 5.74) is 0.477. The third-order valence-electron chi connectivity index (χ3n) is 1.75. The number of carbonyl (C=O) groups is 3. The monoisotopic (exact) mass is 302 g/mol. The predicted molar refractivity (Wildman–Crippen MR) is 81.1 cm³/mol.